The average Bonchev–Trinajstić information content (AvgIpc) is 3.08. The van der Waals surface area contributed by atoms with Crippen LogP contribution in [0.3, 0.4) is 0 Å². The van der Waals surface area contributed by atoms with Crippen molar-refractivity contribution in [3.05, 3.63) is 64.9 Å². The highest BCUT2D eigenvalue weighted by Gasteiger charge is 2.20. The molecule has 0 aliphatic rings. The van der Waals surface area contributed by atoms with E-state index in [1.165, 1.54) is 0 Å². The second kappa shape index (κ2) is 8.34. The summed E-state index contributed by atoms with van der Waals surface area (Å²) in [5, 5.41) is 5.39. The monoisotopic (exact) mass is 423 g/mol. The van der Waals surface area contributed by atoms with Crippen molar-refractivity contribution in [2.45, 2.75) is 26.5 Å². The number of hydrogen-bond acceptors (Lipinski definition) is 4. The third kappa shape index (κ3) is 3.97. The van der Waals surface area contributed by atoms with E-state index in [-0.39, 0.29) is 18.6 Å². The van der Waals surface area contributed by atoms with Crippen LogP contribution in [0, 0.1) is 0 Å². The Morgan fingerprint density at radius 1 is 1.13 bits per heavy atom. The number of halogens is 1. The molecule has 1 amide bonds. The van der Waals surface area contributed by atoms with Gasteiger partial charge in [0.05, 0.1) is 18.3 Å². The molecular formula is C23H22ClN3O3. The minimum atomic E-state index is -0.220. The van der Waals surface area contributed by atoms with Crippen LogP contribution in [0.5, 0.6) is 11.5 Å². The van der Waals surface area contributed by atoms with E-state index in [1.807, 2.05) is 44.2 Å². The first-order valence-electron chi connectivity index (χ1n) is 9.63. The van der Waals surface area contributed by atoms with Crippen LogP contribution in [0.4, 0.5) is 0 Å². The number of pyridine rings is 1. The zero-order chi connectivity index (χ0) is 21.3. The first-order chi connectivity index (χ1) is 14.5. The smallest absolute Gasteiger partial charge is 0.270 e. The van der Waals surface area contributed by atoms with Crippen molar-refractivity contribution in [1.29, 1.82) is 0 Å². The number of fused-ring (bicyclic) bond motifs is 3. The lowest BCUT2D eigenvalue weighted by molar-refractivity contribution is 0.0933. The van der Waals surface area contributed by atoms with Crippen LogP contribution in [0.1, 0.15) is 29.9 Å². The van der Waals surface area contributed by atoms with Crippen molar-refractivity contribution < 1.29 is 14.3 Å². The second-order valence-corrected chi connectivity index (χ2v) is 7.76. The van der Waals surface area contributed by atoms with Crippen molar-refractivity contribution in [2.24, 2.45) is 0 Å². The molecule has 154 valence electrons. The van der Waals surface area contributed by atoms with Gasteiger partial charge in [-0.05, 0) is 56.3 Å². The molecule has 7 heteroatoms. The molecule has 0 saturated heterocycles. The Labute approximate surface area is 179 Å². The number of nitrogens with one attached hydrogen (secondary N) is 2. The number of ether oxygens (including phenoxy) is 2. The summed E-state index contributed by atoms with van der Waals surface area (Å²) in [6, 6.07) is 13.0. The molecule has 0 unspecified atom stereocenters. The van der Waals surface area contributed by atoms with Gasteiger partial charge < -0.3 is 19.8 Å². The number of hydrogen-bond donors (Lipinski definition) is 2. The second-order valence-electron chi connectivity index (χ2n) is 7.32. The summed E-state index contributed by atoms with van der Waals surface area (Å²) in [5.74, 6) is 1.15. The molecule has 0 saturated carbocycles. The number of amides is 1. The molecule has 4 aromatic rings. The largest absolute Gasteiger partial charge is 0.457 e. The summed E-state index contributed by atoms with van der Waals surface area (Å²) in [6.07, 6.45) is 1.68. The average molecular weight is 424 g/mol. The lowest BCUT2D eigenvalue weighted by Gasteiger charge is -2.12. The number of rotatable bonds is 6. The highest BCUT2D eigenvalue weighted by Crippen LogP contribution is 2.34. The van der Waals surface area contributed by atoms with E-state index in [9.17, 15) is 4.79 Å². The summed E-state index contributed by atoms with van der Waals surface area (Å²) in [6.45, 7) is 4.09. The molecule has 2 aromatic carbocycles. The molecule has 2 heterocycles. The minimum absolute atomic E-state index is 0.00717. The standard InChI is InChI=1S/C23H22ClN3O3/c1-13(2)26-23(28)22-18(12-29-3)21-17-10-16(30-15-6-4-14(24)5-7-15)8-9-19(17)27-20(21)11-25-22/h4-11,13,27H,12H2,1-3H3,(H,26,28). The highest BCUT2D eigenvalue weighted by molar-refractivity contribution is 6.30. The quantitative estimate of drug-likeness (QED) is 0.432. The van der Waals surface area contributed by atoms with Gasteiger partial charge in [0.15, 0.2) is 0 Å². The van der Waals surface area contributed by atoms with Gasteiger partial charge in [0.25, 0.3) is 5.91 Å². The van der Waals surface area contributed by atoms with Crippen LogP contribution in [-0.2, 0) is 11.3 Å². The van der Waals surface area contributed by atoms with Gasteiger partial charge in [0.2, 0.25) is 0 Å². The zero-order valence-corrected chi connectivity index (χ0v) is 17.7. The minimum Gasteiger partial charge on any atom is -0.457 e. The molecule has 6 nitrogen and oxygen atoms in total. The molecular weight excluding hydrogens is 402 g/mol. The maximum Gasteiger partial charge on any atom is 0.270 e. The highest BCUT2D eigenvalue weighted by atomic mass is 35.5. The van der Waals surface area contributed by atoms with Crippen LogP contribution in [-0.4, -0.2) is 29.0 Å². The van der Waals surface area contributed by atoms with Gasteiger partial charge in [0, 0.05) is 40.0 Å². The Bertz CT molecular complexity index is 1220. The number of methoxy groups -OCH3 is 1. The lowest BCUT2D eigenvalue weighted by Crippen LogP contribution is -2.31. The summed E-state index contributed by atoms with van der Waals surface area (Å²) in [5.41, 5.74) is 2.86. The molecule has 30 heavy (non-hydrogen) atoms. The van der Waals surface area contributed by atoms with Gasteiger partial charge in [0.1, 0.15) is 17.2 Å². The predicted molar refractivity (Wildman–Crippen MR) is 118 cm³/mol. The number of aromatic nitrogens is 2. The summed E-state index contributed by atoms with van der Waals surface area (Å²) in [7, 11) is 1.60. The van der Waals surface area contributed by atoms with Crippen LogP contribution < -0.4 is 10.1 Å². The van der Waals surface area contributed by atoms with Gasteiger partial charge in [-0.25, -0.2) is 4.98 Å². The molecule has 0 aliphatic heterocycles. The number of carbonyl (C=O) groups is 1. The number of carbonyl (C=O) groups excluding carboxylic acids is 1. The predicted octanol–water partition coefficient (Wildman–Crippen LogP) is 5.45. The van der Waals surface area contributed by atoms with Gasteiger partial charge in [-0.2, -0.15) is 0 Å². The van der Waals surface area contributed by atoms with Crippen molar-refractivity contribution in [1.82, 2.24) is 15.3 Å². The molecule has 0 radical (unpaired) electrons. The lowest BCUT2D eigenvalue weighted by atomic mass is 10.0. The number of benzene rings is 2. The van der Waals surface area contributed by atoms with E-state index in [2.05, 4.69) is 15.3 Å². The first kappa shape index (κ1) is 20.2. The Kier molecular flexibility index (Phi) is 5.61. The summed E-state index contributed by atoms with van der Waals surface area (Å²) >= 11 is 5.95. The molecule has 0 atom stereocenters. The molecule has 0 fully saturated rings. The van der Waals surface area contributed by atoms with E-state index < -0.39 is 0 Å². The normalized spacial score (nSPS) is 11.4. The van der Waals surface area contributed by atoms with Crippen molar-refractivity contribution in [2.75, 3.05) is 7.11 Å². The topological polar surface area (TPSA) is 76.2 Å². The molecule has 0 aliphatic carbocycles. The van der Waals surface area contributed by atoms with Crippen LogP contribution in [0.15, 0.2) is 48.7 Å². The maximum atomic E-state index is 12.7. The van der Waals surface area contributed by atoms with Gasteiger partial charge in [-0.3, -0.25) is 4.79 Å². The molecule has 2 aromatic heterocycles. The third-order valence-corrected chi connectivity index (χ3v) is 4.93. The van der Waals surface area contributed by atoms with Crippen molar-refractivity contribution in [3.8, 4) is 11.5 Å². The molecule has 0 spiro atoms. The van der Waals surface area contributed by atoms with E-state index in [1.54, 1.807) is 25.4 Å². The molecule has 4 rings (SSSR count). The van der Waals surface area contributed by atoms with Gasteiger partial charge in [-0.15, -0.1) is 0 Å². The fourth-order valence-electron chi connectivity index (χ4n) is 3.45. The summed E-state index contributed by atoms with van der Waals surface area (Å²) in [4.78, 5) is 20.5. The summed E-state index contributed by atoms with van der Waals surface area (Å²) < 4.78 is 11.4. The van der Waals surface area contributed by atoms with Crippen LogP contribution in [0.25, 0.3) is 21.8 Å². The number of aromatic amines is 1. The van der Waals surface area contributed by atoms with E-state index in [0.29, 0.717) is 22.2 Å². The fourth-order valence-corrected chi connectivity index (χ4v) is 3.58. The van der Waals surface area contributed by atoms with Gasteiger partial charge >= 0.3 is 0 Å². The Hall–Kier alpha value is -3.09. The maximum absolute atomic E-state index is 12.7. The van der Waals surface area contributed by atoms with E-state index in [4.69, 9.17) is 21.1 Å². The zero-order valence-electron chi connectivity index (χ0n) is 17.0. The Balaban J connectivity index is 1.84. The Morgan fingerprint density at radius 2 is 1.87 bits per heavy atom. The third-order valence-electron chi connectivity index (χ3n) is 4.68. The van der Waals surface area contributed by atoms with Crippen molar-refractivity contribution >= 4 is 39.3 Å². The number of nitrogens with zero attached hydrogens (tertiary/aromatic N) is 1. The van der Waals surface area contributed by atoms with Crippen molar-refractivity contribution in [3.63, 3.8) is 0 Å². The van der Waals surface area contributed by atoms with Gasteiger partial charge in [-0.1, -0.05) is 11.6 Å². The SMILES string of the molecule is COCc1c(C(=O)NC(C)C)ncc2[nH]c3ccc(Oc4ccc(Cl)cc4)cc3c12. The molecule has 2 N–H and O–H groups in total. The fraction of sp³-hybridized carbons (Fsp3) is 0.217. The van der Waals surface area contributed by atoms with E-state index in [0.717, 1.165) is 27.4 Å². The number of H-pyrrole nitrogens is 1. The Morgan fingerprint density at radius 3 is 2.57 bits per heavy atom. The van der Waals surface area contributed by atoms with Crippen LogP contribution in [0.2, 0.25) is 5.02 Å². The van der Waals surface area contributed by atoms with E-state index >= 15 is 0 Å². The first-order valence-corrected chi connectivity index (χ1v) is 10.0. The van der Waals surface area contributed by atoms with Crippen LogP contribution >= 0.6 is 11.6 Å². The molecule has 0 bridgehead atoms.